The minimum atomic E-state index is -0.694. The van der Waals surface area contributed by atoms with E-state index in [9.17, 15) is 14.0 Å². The molecule has 0 spiro atoms. The third-order valence-electron chi connectivity index (χ3n) is 4.82. The quantitative estimate of drug-likeness (QED) is 0.688. The van der Waals surface area contributed by atoms with Crippen molar-refractivity contribution in [3.05, 3.63) is 59.1 Å². The van der Waals surface area contributed by atoms with Crippen LogP contribution in [0.25, 0.3) is 0 Å². The highest BCUT2D eigenvalue weighted by atomic mass is 19.1. The molecule has 3 aromatic rings. The molecule has 9 nitrogen and oxygen atoms in total. The number of carbonyl (C=O) groups is 2. The number of carbonyl (C=O) groups excluding carboxylic acids is 2. The second-order valence-corrected chi connectivity index (χ2v) is 7.00. The lowest BCUT2D eigenvalue weighted by molar-refractivity contribution is -0.120. The number of nitrogens with one attached hydrogen (secondary N) is 2. The normalized spacial score (nSPS) is 16.4. The highest BCUT2D eigenvalue weighted by Gasteiger charge is 2.31. The zero-order valence-electron chi connectivity index (χ0n) is 16.0. The molecular formula is C19H20FN7O2. The first-order chi connectivity index (χ1) is 13.9. The summed E-state index contributed by atoms with van der Waals surface area (Å²) in [5.41, 5.74) is 1.66. The van der Waals surface area contributed by atoms with E-state index in [4.69, 9.17) is 0 Å². The van der Waals surface area contributed by atoms with Crippen molar-refractivity contribution in [2.75, 3.05) is 11.9 Å². The number of hydrogen-bond donors (Lipinski definition) is 2. The molecule has 0 fully saturated rings. The van der Waals surface area contributed by atoms with Crippen LogP contribution in [0.4, 0.5) is 10.2 Å². The summed E-state index contributed by atoms with van der Waals surface area (Å²) in [4.78, 5) is 29.7. The lowest BCUT2D eigenvalue weighted by atomic mass is 10.1. The van der Waals surface area contributed by atoms with Gasteiger partial charge in [0.1, 0.15) is 23.5 Å². The van der Waals surface area contributed by atoms with Crippen LogP contribution in [0.5, 0.6) is 0 Å². The Morgan fingerprint density at radius 3 is 2.83 bits per heavy atom. The minimum absolute atomic E-state index is 0.0235. The van der Waals surface area contributed by atoms with Gasteiger partial charge < -0.3 is 10.3 Å². The number of aromatic amines is 1. The Bertz CT molecular complexity index is 1060. The van der Waals surface area contributed by atoms with Gasteiger partial charge in [-0.25, -0.2) is 9.07 Å². The largest absolute Gasteiger partial charge is 0.337 e. The summed E-state index contributed by atoms with van der Waals surface area (Å²) in [5, 5.41) is 14.9. The molecule has 0 aliphatic carbocycles. The number of amides is 2. The summed E-state index contributed by atoms with van der Waals surface area (Å²) in [6, 6.07) is 7.14. The van der Waals surface area contributed by atoms with Crippen molar-refractivity contribution >= 4 is 17.6 Å². The minimum Gasteiger partial charge on any atom is -0.337 e. The van der Waals surface area contributed by atoms with Gasteiger partial charge in [-0.1, -0.05) is 12.1 Å². The molecular weight excluding hydrogens is 377 g/mol. The van der Waals surface area contributed by atoms with Crippen molar-refractivity contribution in [1.82, 2.24) is 30.3 Å². The fraction of sp³-hybridized carbons (Fsp3) is 0.316. The van der Waals surface area contributed by atoms with Crippen molar-refractivity contribution in [1.29, 1.82) is 0 Å². The van der Waals surface area contributed by atoms with Gasteiger partial charge in [-0.15, -0.1) is 10.2 Å². The van der Waals surface area contributed by atoms with Crippen molar-refractivity contribution in [3.63, 3.8) is 0 Å². The Kier molecular flexibility index (Phi) is 4.83. The van der Waals surface area contributed by atoms with Crippen molar-refractivity contribution < 1.29 is 14.0 Å². The van der Waals surface area contributed by atoms with Crippen LogP contribution >= 0.6 is 0 Å². The summed E-state index contributed by atoms with van der Waals surface area (Å²) >= 11 is 0. The van der Waals surface area contributed by atoms with E-state index in [1.807, 2.05) is 13.0 Å². The Hall–Kier alpha value is -3.56. The predicted octanol–water partition coefficient (Wildman–Crippen LogP) is 1.20. The van der Waals surface area contributed by atoms with E-state index < -0.39 is 11.9 Å². The second-order valence-electron chi connectivity index (χ2n) is 7.00. The van der Waals surface area contributed by atoms with Gasteiger partial charge in [-0.05, 0) is 31.0 Å². The van der Waals surface area contributed by atoms with Crippen LogP contribution in [0.1, 0.15) is 34.1 Å². The molecule has 1 atom stereocenters. The van der Waals surface area contributed by atoms with E-state index in [1.165, 1.54) is 17.0 Å². The molecule has 10 heteroatoms. The summed E-state index contributed by atoms with van der Waals surface area (Å²) in [6.45, 7) is 2.38. The van der Waals surface area contributed by atoms with E-state index in [2.05, 4.69) is 25.6 Å². The SMILES string of the molecule is Cc1cc2n(n1)CCC(NC(=O)c1nnc(Cc3ccc(F)cc3)[nH]1)C(=O)N2C. The molecule has 0 radical (unpaired) electrons. The number of fused-ring (bicyclic) bond motifs is 1. The van der Waals surface area contributed by atoms with Crippen molar-refractivity contribution in [2.45, 2.75) is 32.4 Å². The first kappa shape index (κ1) is 18.8. The maximum absolute atomic E-state index is 13.0. The first-order valence-corrected chi connectivity index (χ1v) is 9.19. The van der Waals surface area contributed by atoms with Crippen molar-refractivity contribution in [3.8, 4) is 0 Å². The van der Waals surface area contributed by atoms with E-state index in [0.29, 0.717) is 31.0 Å². The number of hydrogen-bond acceptors (Lipinski definition) is 5. The number of rotatable bonds is 4. The zero-order valence-corrected chi connectivity index (χ0v) is 16.0. The molecule has 1 unspecified atom stereocenters. The molecule has 0 bridgehead atoms. The van der Waals surface area contributed by atoms with E-state index in [0.717, 1.165) is 11.3 Å². The number of aromatic nitrogens is 5. The van der Waals surface area contributed by atoms with Gasteiger partial charge in [-0.3, -0.25) is 14.5 Å². The van der Waals surface area contributed by atoms with Crippen LogP contribution in [0.15, 0.2) is 30.3 Å². The van der Waals surface area contributed by atoms with Gasteiger partial charge in [0.15, 0.2) is 0 Å². The summed E-state index contributed by atoms with van der Waals surface area (Å²) in [7, 11) is 1.66. The van der Waals surface area contributed by atoms with Crippen molar-refractivity contribution in [2.24, 2.45) is 0 Å². The molecule has 1 aliphatic heterocycles. The Morgan fingerprint density at radius 2 is 2.07 bits per heavy atom. The number of benzene rings is 1. The van der Waals surface area contributed by atoms with Gasteiger partial charge in [0.2, 0.25) is 5.82 Å². The third-order valence-corrected chi connectivity index (χ3v) is 4.82. The summed E-state index contributed by atoms with van der Waals surface area (Å²) < 4.78 is 14.8. The maximum Gasteiger partial charge on any atom is 0.289 e. The van der Waals surface area contributed by atoms with Crippen LogP contribution in [0, 0.1) is 12.7 Å². The first-order valence-electron chi connectivity index (χ1n) is 9.19. The van der Waals surface area contributed by atoms with Gasteiger partial charge >= 0.3 is 0 Å². The molecule has 29 heavy (non-hydrogen) atoms. The second kappa shape index (κ2) is 7.46. The average Bonchev–Trinajstić information content (AvgIpc) is 3.29. The number of anilines is 1. The Morgan fingerprint density at radius 1 is 1.31 bits per heavy atom. The number of H-pyrrole nitrogens is 1. The fourth-order valence-electron chi connectivity index (χ4n) is 3.32. The summed E-state index contributed by atoms with van der Waals surface area (Å²) in [6.07, 6.45) is 0.797. The maximum atomic E-state index is 13.0. The van der Waals surface area contributed by atoms with E-state index in [1.54, 1.807) is 23.9 Å². The highest BCUT2D eigenvalue weighted by molar-refractivity contribution is 6.00. The Balaban J connectivity index is 1.43. The standard InChI is InChI=1S/C19H20FN7O2/c1-11-9-16-26(2)19(29)14(7-8-27(16)25-11)21-18(28)17-22-15(23-24-17)10-12-3-5-13(20)6-4-12/h3-6,9,14H,7-8,10H2,1-2H3,(H,21,28)(H,22,23,24). The zero-order chi connectivity index (χ0) is 20.5. The molecule has 2 amide bonds. The highest BCUT2D eigenvalue weighted by Crippen LogP contribution is 2.21. The predicted molar refractivity (Wildman–Crippen MR) is 102 cm³/mol. The number of likely N-dealkylation sites (N-methyl/N-ethyl adjacent to an activating group) is 1. The molecule has 0 saturated heterocycles. The lowest BCUT2D eigenvalue weighted by Gasteiger charge is -2.19. The van der Waals surface area contributed by atoms with E-state index >= 15 is 0 Å². The third kappa shape index (κ3) is 3.86. The topological polar surface area (TPSA) is 109 Å². The number of aryl methyl sites for hydroxylation is 2. The average molecular weight is 397 g/mol. The molecule has 0 saturated carbocycles. The van der Waals surface area contributed by atoms with Gasteiger partial charge in [0.05, 0.1) is 5.69 Å². The lowest BCUT2D eigenvalue weighted by Crippen LogP contribution is -2.47. The molecule has 4 rings (SSSR count). The summed E-state index contributed by atoms with van der Waals surface area (Å²) in [5.74, 6) is 0.150. The van der Waals surface area contributed by atoms with E-state index in [-0.39, 0.29) is 17.5 Å². The molecule has 2 N–H and O–H groups in total. The van der Waals surface area contributed by atoms with Crippen LogP contribution in [0.2, 0.25) is 0 Å². The molecule has 3 heterocycles. The fourth-order valence-corrected chi connectivity index (χ4v) is 3.32. The van der Waals surface area contributed by atoms with Crippen LogP contribution in [-0.4, -0.2) is 49.9 Å². The monoisotopic (exact) mass is 397 g/mol. The molecule has 2 aromatic heterocycles. The smallest absolute Gasteiger partial charge is 0.289 e. The molecule has 1 aliphatic rings. The van der Waals surface area contributed by atoms with Crippen LogP contribution in [0.3, 0.4) is 0 Å². The molecule has 150 valence electrons. The van der Waals surface area contributed by atoms with Gasteiger partial charge in [0.25, 0.3) is 11.8 Å². The van der Waals surface area contributed by atoms with Crippen LogP contribution in [-0.2, 0) is 17.8 Å². The number of nitrogens with zero attached hydrogens (tertiary/aromatic N) is 5. The van der Waals surface area contributed by atoms with Gasteiger partial charge in [-0.2, -0.15) is 5.10 Å². The van der Waals surface area contributed by atoms with Crippen LogP contribution < -0.4 is 10.2 Å². The van der Waals surface area contributed by atoms with Gasteiger partial charge in [0, 0.05) is 26.1 Å². The Labute approximate surface area is 165 Å². The molecule has 1 aromatic carbocycles. The number of halogens is 1.